The number of benzene rings is 1. The van der Waals surface area contributed by atoms with Gasteiger partial charge in [0.25, 0.3) is 10.9 Å². The molecule has 2 N–H and O–H groups in total. The van der Waals surface area contributed by atoms with E-state index in [1.54, 1.807) is 0 Å². The molecule has 2 fully saturated rings. The number of fused-ring (bicyclic) bond motifs is 1. The lowest BCUT2D eigenvalue weighted by Crippen LogP contribution is -2.41. The van der Waals surface area contributed by atoms with E-state index in [-0.39, 0.29) is 17.3 Å². The van der Waals surface area contributed by atoms with Gasteiger partial charge in [-0.2, -0.15) is 0 Å². The molecule has 2 aromatic carbocycles. The maximum Gasteiger partial charge on any atom is 0.253 e. The first-order valence-corrected chi connectivity index (χ1v) is 11.3. The Bertz CT molecular complexity index is 1010. The number of hydrogen-bond donors (Lipinski definition) is 2. The van der Waals surface area contributed by atoms with Crippen LogP contribution in [-0.2, 0) is 11.2 Å². The zero-order valence-electron chi connectivity index (χ0n) is 17.3. The second-order valence-corrected chi connectivity index (χ2v) is 9.20. The largest absolute Gasteiger partial charge is 0.380 e. The van der Waals surface area contributed by atoms with Crippen molar-refractivity contribution in [2.75, 3.05) is 29.9 Å². The minimum Gasteiger partial charge on any atom is -0.380 e. The molecule has 2 aromatic rings. The predicted molar refractivity (Wildman–Crippen MR) is 118 cm³/mol. The molecule has 5 rings (SSSR count). The summed E-state index contributed by atoms with van der Waals surface area (Å²) in [7, 11) is 0. The van der Waals surface area contributed by atoms with Crippen LogP contribution in [0.1, 0.15) is 44.1 Å². The van der Waals surface area contributed by atoms with Crippen LogP contribution >= 0.6 is 0 Å². The summed E-state index contributed by atoms with van der Waals surface area (Å²) in [4.78, 5) is 38.9. The Balaban J connectivity index is 1.17. The third kappa shape index (κ3) is 3.64. The van der Waals surface area contributed by atoms with Crippen LogP contribution in [0.4, 0.5) is 17.1 Å². The number of nitrogens with zero attached hydrogens (tertiary/aromatic N) is 1. The maximum absolute atomic E-state index is 12.3. The molecule has 2 aliphatic carbocycles. The smallest absolute Gasteiger partial charge is 0.253 e. The lowest BCUT2D eigenvalue weighted by atomic mass is 9.81. The third-order valence-electron chi connectivity index (χ3n) is 7.09. The topological polar surface area (TPSA) is 78.5 Å². The number of rotatable bonds is 7. The number of amides is 1. The molecule has 30 heavy (non-hydrogen) atoms. The molecule has 0 aromatic heterocycles. The van der Waals surface area contributed by atoms with Gasteiger partial charge in [0.15, 0.2) is 0 Å². The van der Waals surface area contributed by atoms with E-state index >= 15 is 0 Å². The van der Waals surface area contributed by atoms with Gasteiger partial charge in [-0.1, -0.05) is 18.2 Å². The number of anilines is 3. The summed E-state index contributed by atoms with van der Waals surface area (Å²) in [5, 5.41) is 6.39. The third-order valence-corrected chi connectivity index (χ3v) is 7.09. The summed E-state index contributed by atoms with van der Waals surface area (Å²) in [5.74, 6) is 1.48. The van der Waals surface area contributed by atoms with E-state index in [1.165, 1.54) is 18.4 Å². The number of hydrogen-bond acceptors (Lipinski definition) is 5. The average Bonchev–Trinajstić information content (AvgIpc) is 3.53. The van der Waals surface area contributed by atoms with Gasteiger partial charge in [0.05, 0.1) is 0 Å². The lowest BCUT2D eigenvalue weighted by Gasteiger charge is -2.29. The molecule has 0 atom stereocenters. The van der Waals surface area contributed by atoms with Gasteiger partial charge in [-0.15, -0.1) is 0 Å². The van der Waals surface area contributed by atoms with E-state index in [0.29, 0.717) is 29.8 Å². The fourth-order valence-corrected chi connectivity index (χ4v) is 4.96. The van der Waals surface area contributed by atoms with Crippen molar-refractivity contribution >= 4 is 23.0 Å². The maximum atomic E-state index is 12.3. The molecule has 1 aliphatic heterocycles. The second kappa shape index (κ2) is 7.89. The van der Waals surface area contributed by atoms with Gasteiger partial charge in [0, 0.05) is 31.2 Å². The Kier molecular flexibility index (Phi) is 5.09. The highest BCUT2D eigenvalue weighted by Crippen LogP contribution is 2.36. The van der Waals surface area contributed by atoms with Crippen LogP contribution in [0, 0.1) is 17.8 Å². The van der Waals surface area contributed by atoms with Crippen LogP contribution in [0.5, 0.6) is 0 Å². The number of carbonyl (C=O) groups excluding carboxylic acids is 1. The van der Waals surface area contributed by atoms with Crippen molar-refractivity contribution in [2.45, 2.75) is 44.9 Å². The highest BCUT2D eigenvalue weighted by Gasteiger charge is 2.32. The van der Waals surface area contributed by atoms with E-state index in [2.05, 4.69) is 16.7 Å². The van der Waals surface area contributed by atoms with Crippen LogP contribution in [0.25, 0.3) is 0 Å². The standard InChI is InChI=1S/C24H29N3O3/c28-22-20(21(23(22)29)27-12-11-17-3-1-2-4-19(17)27)25-13-16-7-9-18(10-8-16)24(30)26-14-15-5-6-15/h1-4,15-16,18,25H,5-14H2,(H,26,30). The van der Waals surface area contributed by atoms with Crippen molar-refractivity contribution in [3.63, 3.8) is 0 Å². The van der Waals surface area contributed by atoms with Crippen molar-refractivity contribution in [1.82, 2.24) is 5.32 Å². The molecule has 0 bridgehead atoms. The fourth-order valence-electron chi connectivity index (χ4n) is 4.96. The van der Waals surface area contributed by atoms with Gasteiger partial charge >= 0.3 is 0 Å². The number of nitrogens with one attached hydrogen (secondary N) is 2. The van der Waals surface area contributed by atoms with E-state index in [4.69, 9.17) is 0 Å². The molecule has 0 spiro atoms. The normalized spacial score (nSPS) is 23.4. The van der Waals surface area contributed by atoms with E-state index in [1.807, 2.05) is 23.1 Å². The van der Waals surface area contributed by atoms with Crippen molar-refractivity contribution < 1.29 is 4.79 Å². The van der Waals surface area contributed by atoms with Crippen LogP contribution in [-0.4, -0.2) is 25.5 Å². The van der Waals surface area contributed by atoms with Crippen LogP contribution in [0.15, 0.2) is 33.9 Å². The molecule has 2 saturated carbocycles. The Morgan fingerprint density at radius 2 is 1.63 bits per heavy atom. The van der Waals surface area contributed by atoms with E-state index in [9.17, 15) is 14.4 Å². The Hall–Kier alpha value is -2.63. The molecule has 158 valence electrons. The van der Waals surface area contributed by atoms with E-state index in [0.717, 1.165) is 50.9 Å². The summed E-state index contributed by atoms with van der Waals surface area (Å²) in [6.07, 6.45) is 7.16. The van der Waals surface area contributed by atoms with Gasteiger partial charge in [-0.05, 0) is 68.4 Å². The lowest BCUT2D eigenvalue weighted by molar-refractivity contribution is -0.126. The van der Waals surface area contributed by atoms with Crippen molar-refractivity contribution in [1.29, 1.82) is 0 Å². The molecular formula is C24H29N3O3. The molecule has 3 aliphatic rings. The van der Waals surface area contributed by atoms with Crippen molar-refractivity contribution in [3.8, 4) is 0 Å². The summed E-state index contributed by atoms with van der Waals surface area (Å²) < 4.78 is 0. The number of carbonyl (C=O) groups is 1. The summed E-state index contributed by atoms with van der Waals surface area (Å²) in [5.41, 5.74) is 2.46. The highest BCUT2D eigenvalue weighted by molar-refractivity contribution is 5.83. The quantitative estimate of drug-likeness (QED) is 0.690. The molecule has 0 saturated heterocycles. The molecule has 6 heteroatoms. The molecule has 1 amide bonds. The van der Waals surface area contributed by atoms with Gasteiger partial charge < -0.3 is 15.5 Å². The summed E-state index contributed by atoms with van der Waals surface area (Å²) in [6.45, 7) is 2.26. The minimum absolute atomic E-state index is 0.128. The monoisotopic (exact) mass is 407 g/mol. The zero-order chi connectivity index (χ0) is 20.7. The Morgan fingerprint density at radius 1 is 0.933 bits per heavy atom. The van der Waals surface area contributed by atoms with Crippen LogP contribution in [0.3, 0.4) is 0 Å². The first-order chi connectivity index (χ1) is 14.6. The van der Waals surface area contributed by atoms with Gasteiger partial charge in [-0.3, -0.25) is 14.4 Å². The average molecular weight is 408 g/mol. The SMILES string of the molecule is O=C(NCC1CC1)C1CCC(CNc2c(N3CCc4ccccc43)c(=O)c2=O)CC1. The van der Waals surface area contributed by atoms with Crippen molar-refractivity contribution in [3.05, 3.63) is 50.3 Å². The molecule has 6 nitrogen and oxygen atoms in total. The van der Waals surface area contributed by atoms with Crippen LogP contribution in [0.2, 0.25) is 0 Å². The van der Waals surface area contributed by atoms with Gasteiger partial charge in [-0.25, -0.2) is 0 Å². The highest BCUT2D eigenvalue weighted by atomic mass is 16.2. The van der Waals surface area contributed by atoms with Gasteiger partial charge in [0.1, 0.15) is 11.4 Å². The zero-order valence-corrected chi connectivity index (χ0v) is 17.3. The molecule has 1 heterocycles. The summed E-state index contributed by atoms with van der Waals surface area (Å²) >= 11 is 0. The first kappa shape index (κ1) is 19.3. The van der Waals surface area contributed by atoms with Crippen molar-refractivity contribution in [2.24, 2.45) is 17.8 Å². The fraction of sp³-hybridized carbons (Fsp3) is 0.542. The number of para-hydroxylation sites is 1. The predicted octanol–water partition coefficient (Wildman–Crippen LogP) is 2.72. The van der Waals surface area contributed by atoms with Crippen LogP contribution < -0.4 is 26.4 Å². The first-order valence-electron chi connectivity index (χ1n) is 11.3. The second-order valence-electron chi connectivity index (χ2n) is 9.20. The Labute approximate surface area is 176 Å². The minimum atomic E-state index is -0.400. The van der Waals surface area contributed by atoms with Gasteiger partial charge in [0.2, 0.25) is 5.91 Å². The molecule has 0 unspecified atom stereocenters. The molecule has 0 radical (unpaired) electrons. The Morgan fingerprint density at radius 3 is 2.40 bits per heavy atom. The van der Waals surface area contributed by atoms with E-state index < -0.39 is 5.43 Å². The summed E-state index contributed by atoms with van der Waals surface area (Å²) in [6, 6.07) is 8.06. The molecular weight excluding hydrogens is 378 g/mol.